The molecule has 4 rings (SSSR count). The lowest BCUT2D eigenvalue weighted by molar-refractivity contribution is -0.117. The van der Waals surface area contributed by atoms with Crippen LogP contribution in [0.15, 0.2) is 71.8 Å². The first-order chi connectivity index (χ1) is 14.3. The number of rotatable bonds is 4. The van der Waals surface area contributed by atoms with Crippen molar-refractivity contribution in [3.8, 4) is 11.1 Å². The van der Waals surface area contributed by atoms with Crippen molar-refractivity contribution >= 4 is 22.5 Å². The smallest absolute Gasteiger partial charge is 0.275 e. The number of hydrogen-bond donors (Lipinski definition) is 1. The summed E-state index contributed by atoms with van der Waals surface area (Å²) >= 11 is 0. The molecule has 0 saturated carbocycles. The molecule has 0 saturated heterocycles. The van der Waals surface area contributed by atoms with Crippen LogP contribution in [-0.2, 0) is 16.9 Å². The van der Waals surface area contributed by atoms with Gasteiger partial charge in [0.15, 0.2) is 0 Å². The summed E-state index contributed by atoms with van der Waals surface area (Å²) in [5.74, 6) is 0.246. The van der Waals surface area contributed by atoms with Gasteiger partial charge in [-0.15, -0.1) is 0 Å². The van der Waals surface area contributed by atoms with Crippen molar-refractivity contribution in [2.75, 3.05) is 5.32 Å². The maximum absolute atomic E-state index is 12.9. The van der Waals surface area contributed by atoms with Crippen LogP contribution < -0.4 is 10.9 Å². The quantitative estimate of drug-likeness (QED) is 0.566. The van der Waals surface area contributed by atoms with E-state index < -0.39 is 0 Å². The number of hydrogen-bond acceptors (Lipinski definition) is 4. The van der Waals surface area contributed by atoms with Crippen LogP contribution in [0.5, 0.6) is 0 Å². The van der Waals surface area contributed by atoms with Crippen LogP contribution in [0.25, 0.3) is 21.9 Å². The van der Waals surface area contributed by atoms with Gasteiger partial charge in [0.25, 0.3) is 5.56 Å². The van der Waals surface area contributed by atoms with E-state index >= 15 is 0 Å². The van der Waals surface area contributed by atoms with E-state index in [4.69, 9.17) is 0 Å². The second-order valence-electron chi connectivity index (χ2n) is 8.10. The summed E-state index contributed by atoms with van der Waals surface area (Å²) in [4.78, 5) is 25.6. The second-order valence-corrected chi connectivity index (χ2v) is 8.10. The number of carbonyl (C=O) groups excluding carboxylic acids is 1. The fourth-order valence-electron chi connectivity index (χ4n) is 3.35. The first-order valence-electron chi connectivity index (χ1n) is 9.73. The van der Waals surface area contributed by atoms with Crippen molar-refractivity contribution in [2.45, 2.75) is 32.9 Å². The van der Waals surface area contributed by atoms with Crippen molar-refractivity contribution in [1.29, 1.82) is 0 Å². The molecule has 1 amide bonds. The zero-order valence-corrected chi connectivity index (χ0v) is 17.2. The van der Waals surface area contributed by atoms with Crippen LogP contribution in [-0.4, -0.2) is 25.5 Å². The Labute approximate surface area is 174 Å². The Hall–Kier alpha value is -3.74. The Kier molecular flexibility index (Phi) is 4.95. The number of aromatic nitrogens is 4. The van der Waals surface area contributed by atoms with E-state index in [2.05, 4.69) is 15.5 Å². The summed E-state index contributed by atoms with van der Waals surface area (Å²) in [6.07, 6.45) is 3.34. The van der Waals surface area contributed by atoms with E-state index in [-0.39, 0.29) is 23.6 Å². The Morgan fingerprint density at radius 2 is 1.67 bits per heavy atom. The Balaban J connectivity index is 1.67. The van der Waals surface area contributed by atoms with E-state index in [0.29, 0.717) is 11.2 Å². The number of fused-ring (bicyclic) bond motifs is 1. The lowest BCUT2D eigenvalue weighted by Crippen LogP contribution is -2.32. The average molecular weight is 401 g/mol. The predicted octanol–water partition coefficient (Wildman–Crippen LogP) is 3.65. The lowest BCUT2D eigenvalue weighted by atomic mass is 10.1. The number of anilines is 1. The van der Waals surface area contributed by atoms with Gasteiger partial charge in [0, 0.05) is 10.9 Å². The molecule has 0 radical (unpaired) electrons. The minimum Gasteiger partial charge on any atom is -0.309 e. The average Bonchev–Trinajstić information content (AvgIpc) is 3.15. The van der Waals surface area contributed by atoms with Crippen molar-refractivity contribution in [3.05, 3.63) is 77.3 Å². The first-order valence-corrected chi connectivity index (χ1v) is 9.73. The molecule has 0 fully saturated rings. The normalized spacial score (nSPS) is 11.6. The monoisotopic (exact) mass is 401 g/mol. The fourth-order valence-corrected chi connectivity index (χ4v) is 3.35. The molecule has 7 heteroatoms. The molecule has 0 aliphatic heterocycles. The number of carbonyl (C=O) groups is 1. The summed E-state index contributed by atoms with van der Waals surface area (Å²) in [5.41, 5.74) is 1.13. The molecule has 0 spiro atoms. The SMILES string of the molecule is CC(C)(C)n1ncc(-c2ccccc2)c1NC(=O)Cn1ncc2ccccc2c1=O. The second kappa shape index (κ2) is 7.59. The van der Waals surface area contributed by atoms with Gasteiger partial charge >= 0.3 is 0 Å². The third-order valence-corrected chi connectivity index (χ3v) is 4.80. The van der Waals surface area contributed by atoms with Gasteiger partial charge < -0.3 is 5.32 Å². The summed E-state index contributed by atoms with van der Waals surface area (Å²) in [7, 11) is 0. The molecular weight excluding hydrogens is 378 g/mol. The van der Waals surface area contributed by atoms with Gasteiger partial charge in [-0.25, -0.2) is 9.36 Å². The standard InChI is InChI=1S/C23H23N5O2/c1-23(2,3)28-21(19(14-25-28)16-9-5-4-6-10-16)26-20(29)15-27-22(30)18-12-8-7-11-17(18)13-24-27/h4-14H,15H2,1-3H3,(H,26,29). The summed E-state index contributed by atoms with van der Waals surface area (Å²) in [6, 6.07) is 16.9. The molecule has 0 aliphatic rings. The van der Waals surface area contributed by atoms with Gasteiger partial charge in [0.1, 0.15) is 12.4 Å². The van der Waals surface area contributed by atoms with Crippen molar-refractivity contribution in [2.24, 2.45) is 0 Å². The highest BCUT2D eigenvalue weighted by molar-refractivity contribution is 5.94. The van der Waals surface area contributed by atoms with Crippen LogP contribution in [0.2, 0.25) is 0 Å². The van der Waals surface area contributed by atoms with E-state index in [1.165, 1.54) is 4.68 Å². The lowest BCUT2D eigenvalue weighted by Gasteiger charge is -2.23. The number of amides is 1. The molecule has 2 heterocycles. The molecular formula is C23H23N5O2. The van der Waals surface area contributed by atoms with Crippen LogP contribution in [0.3, 0.4) is 0 Å². The highest BCUT2D eigenvalue weighted by atomic mass is 16.2. The van der Waals surface area contributed by atoms with Gasteiger partial charge in [-0.05, 0) is 32.4 Å². The molecule has 0 bridgehead atoms. The van der Waals surface area contributed by atoms with Crippen LogP contribution in [0.1, 0.15) is 20.8 Å². The van der Waals surface area contributed by atoms with Gasteiger partial charge in [-0.3, -0.25) is 9.59 Å². The summed E-state index contributed by atoms with van der Waals surface area (Å²) in [5, 5.41) is 12.9. The van der Waals surface area contributed by atoms with Gasteiger partial charge in [0.2, 0.25) is 5.91 Å². The predicted molar refractivity (Wildman–Crippen MR) is 117 cm³/mol. The Bertz CT molecular complexity index is 1270. The third-order valence-electron chi connectivity index (χ3n) is 4.80. The molecule has 0 unspecified atom stereocenters. The van der Waals surface area contributed by atoms with Gasteiger partial charge in [-0.2, -0.15) is 10.2 Å². The van der Waals surface area contributed by atoms with E-state index in [9.17, 15) is 9.59 Å². The molecule has 7 nitrogen and oxygen atoms in total. The van der Waals surface area contributed by atoms with Crippen LogP contribution >= 0.6 is 0 Å². The Morgan fingerprint density at radius 3 is 2.40 bits per heavy atom. The number of benzene rings is 2. The van der Waals surface area contributed by atoms with E-state index in [1.807, 2.05) is 63.2 Å². The molecule has 30 heavy (non-hydrogen) atoms. The molecule has 2 aromatic heterocycles. The van der Waals surface area contributed by atoms with E-state index in [1.54, 1.807) is 29.2 Å². The van der Waals surface area contributed by atoms with Crippen LogP contribution in [0.4, 0.5) is 5.82 Å². The molecule has 4 aromatic rings. The van der Waals surface area contributed by atoms with Crippen molar-refractivity contribution in [3.63, 3.8) is 0 Å². The van der Waals surface area contributed by atoms with Crippen LogP contribution in [0, 0.1) is 0 Å². The third kappa shape index (κ3) is 3.74. The topological polar surface area (TPSA) is 81.8 Å². The molecule has 2 aromatic carbocycles. The first kappa shape index (κ1) is 19.6. The zero-order chi connectivity index (χ0) is 21.3. The molecule has 0 atom stereocenters. The maximum Gasteiger partial charge on any atom is 0.275 e. The van der Waals surface area contributed by atoms with Gasteiger partial charge in [0.05, 0.1) is 23.3 Å². The number of nitrogens with zero attached hydrogens (tertiary/aromatic N) is 4. The van der Waals surface area contributed by atoms with E-state index in [0.717, 1.165) is 16.5 Å². The van der Waals surface area contributed by atoms with Gasteiger partial charge in [-0.1, -0.05) is 48.5 Å². The fraction of sp³-hybridized carbons (Fsp3) is 0.217. The summed E-state index contributed by atoms with van der Waals surface area (Å²) in [6.45, 7) is 5.85. The zero-order valence-electron chi connectivity index (χ0n) is 17.2. The highest BCUT2D eigenvalue weighted by Crippen LogP contribution is 2.31. The van der Waals surface area contributed by atoms with Crippen molar-refractivity contribution in [1.82, 2.24) is 19.6 Å². The minimum atomic E-state index is -0.344. The molecule has 1 N–H and O–H groups in total. The maximum atomic E-state index is 12.9. The largest absolute Gasteiger partial charge is 0.309 e. The summed E-state index contributed by atoms with van der Waals surface area (Å²) < 4.78 is 2.96. The highest BCUT2D eigenvalue weighted by Gasteiger charge is 2.23. The number of nitrogens with one attached hydrogen (secondary N) is 1. The Morgan fingerprint density at radius 1 is 0.967 bits per heavy atom. The van der Waals surface area contributed by atoms with Crippen molar-refractivity contribution < 1.29 is 4.79 Å². The molecule has 152 valence electrons. The minimum absolute atomic E-state index is 0.187. The molecule has 0 aliphatic carbocycles.